The van der Waals surface area contributed by atoms with Gasteiger partial charge >= 0.3 is 5.97 Å². The summed E-state index contributed by atoms with van der Waals surface area (Å²) in [5, 5.41) is 9.08. The van der Waals surface area contributed by atoms with E-state index >= 15 is 0 Å². The predicted molar refractivity (Wildman–Crippen MR) is 115 cm³/mol. The molecule has 1 aliphatic carbocycles. The molecule has 4 rings (SSSR count). The number of nitrogens with zero attached hydrogens (tertiary/aromatic N) is 2. The summed E-state index contributed by atoms with van der Waals surface area (Å²) < 4.78 is 12.0. The van der Waals surface area contributed by atoms with Crippen LogP contribution in [0.25, 0.3) is 0 Å². The lowest BCUT2D eigenvalue weighted by Gasteiger charge is -2.34. The SMILES string of the molecule is CC1CCC(COc2cncc(N3CCOC(c4ccc(C(=O)O)cc4)C3)c2)CC1. The molecule has 1 unspecified atom stereocenters. The van der Waals surface area contributed by atoms with Gasteiger partial charge in [-0.05, 0) is 42.4 Å². The second-order valence-corrected chi connectivity index (χ2v) is 8.55. The predicted octanol–water partition coefficient (Wildman–Crippen LogP) is 4.56. The van der Waals surface area contributed by atoms with Gasteiger partial charge in [0.2, 0.25) is 0 Å². The maximum atomic E-state index is 11.1. The number of aromatic nitrogens is 1. The molecule has 2 heterocycles. The van der Waals surface area contributed by atoms with E-state index < -0.39 is 5.97 Å². The normalized spacial score (nSPS) is 24.4. The lowest BCUT2D eigenvalue weighted by atomic mass is 9.83. The molecule has 6 nitrogen and oxygen atoms in total. The van der Waals surface area contributed by atoms with Crippen molar-refractivity contribution >= 4 is 11.7 Å². The molecule has 30 heavy (non-hydrogen) atoms. The average molecular weight is 411 g/mol. The summed E-state index contributed by atoms with van der Waals surface area (Å²) in [5.74, 6) is 1.39. The number of benzene rings is 1. The number of rotatable bonds is 6. The quantitative estimate of drug-likeness (QED) is 0.753. The minimum absolute atomic E-state index is 0.101. The lowest BCUT2D eigenvalue weighted by molar-refractivity contribution is 0.0397. The Bertz CT molecular complexity index is 847. The molecule has 1 saturated carbocycles. The van der Waals surface area contributed by atoms with E-state index in [0.717, 1.165) is 36.1 Å². The van der Waals surface area contributed by atoms with Gasteiger partial charge in [0.1, 0.15) is 11.9 Å². The van der Waals surface area contributed by atoms with E-state index in [-0.39, 0.29) is 11.7 Å². The van der Waals surface area contributed by atoms with E-state index in [2.05, 4.69) is 22.9 Å². The molecular weight excluding hydrogens is 380 g/mol. The van der Waals surface area contributed by atoms with Gasteiger partial charge in [-0.1, -0.05) is 31.9 Å². The van der Waals surface area contributed by atoms with E-state index in [1.54, 1.807) is 18.3 Å². The van der Waals surface area contributed by atoms with Crippen LogP contribution in [0.4, 0.5) is 5.69 Å². The number of pyridine rings is 1. The molecule has 1 aromatic heterocycles. The molecule has 1 saturated heterocycles. The average Bonchev–Trinajstić information content (AvgIpc) is 2.79. The number of aromatic carboxylic acids is 1. The summed E-state index contributed by atoms with van der Waals surface area (Å²) in [5.41, 5.74) is 2.30. The second kappa shape index (κ2) is 9.47. The van der Waals surface area contributed by atoms with Crippen LogP contribution in [0.3, 0.4) is 0 Å². The van der Waals surface area contributed by atoms with Crippen LogP contribution < -0.4 is 9.64 Å². The number of morpholine rings is 1. The first kappa shape index (κ1) is 20.7. The highest BCUT2D eigenvalue weighted by Gasteiger charge is 2.23. The number of carboxylic acid groups (broad SMARTS) is 1. The molecule has 2 fully saturated rings. The van der Waals surface area contributed by atoms with Gasteiger partial charge in [-0.2, -0.15) is 0 Å². The minimum Gasteiger partial charge on any atom is -0.492 e. The zero-order chi connectivity index (χ0) is 20.9. The fraction of sp³-hybridized carbons (Fsp3) is 0.500. The van der Waals surface area contributed by atoms with Gasteiger partial charge in [-0.25, -0.2) is 4.79 Å². The smallest absolute Gasteiger partial charge is 0.335 e. The van der Waals surface area contributed by atoms with E-state index in [1.807, 2.05) is 18.3 Å². The van der Waals surface area contributed by atoms with Crippen molar-refractivity contribution in [1.29, 1.82) is 0 Å². The lowest BCUT2D eigenvalue weighted by Crippen LogP contribution is -2.38. The molecule has 160 valence electrons. The van der Waals surface area contributed by atoms with Gasteiger partial charge < -0.3 is 19.5 Å². The van der Waals surface area contributed by atoms with Gasteiger partial charge in [0, 0.05) is 19.2 Å². The molecule has 2 aromatic rings. The molecule has 1 aliphatic heterocycles. The highest BCUT2D eigenvalue weighted by Crippen LogP contribution is 2.30. The highest BCUT2D eigenvalue weighted by atomic mass is 16.5. The molecule has 1 N–H and O–H groups in total. The first-order valence-corrected chi connectivity index (χ1v) is 10.9. The summed E-state index contributed by atoms with van der Waals surface area (Å²) >= 11 is 0. The van der Waals surface area contributed by atoms with Crippen LogP contribution in [0, 0.1) is 11.8 Å². The zero-order valence-electron chi connectivity index (χ0n) is 17.5. The standard InChI is InChI=1S/C24H30N2O4/c1-17-2-4-18(5-3-17)16-30-22-12-21(13-25-14-22)26-10-11-29-23(15-26)19-6-8-20(9-7-19)24(27)28/h6-9,12-14,17-18,23H,2-5,10-11,15-16H2,1H3,(H,27,28). The van der Waals surface area contributed by atoms with E-state index in [9.17, 15) is 4.79 Å². The monoisotopic (exact) mass is 410 g/mol. The summed E-state index contributed by atoms with van der Waals surface area (Å²) in [6.07, 6.45) is 8.66. The van der Waals surface area contributed by atoms with E-state index in [1.165, 1.54) is 25.7 Å². The Labute approximate surface area is 177 Å². The van der Waals surface area contributed by atoms with Crippen LogP contribution in [0.15, 0.2) is 42.7 Å². The third kappa shape index (κ3) is 5.11. The number of hydrogen-bond acceptors (Lipinski definition) is 5. The van der Waals surface area contributed by atoms with Crippen LogP contribution in [-0.4, -0.2) is 42.4 Å². The van der Waals surface area contributed by atoms with E-state index in [4.69, 9.17) is 14.6 Å². The van der Waals surface area contributed by atoms with Crippen LogP contribution >= 0.6 is 0 Å². The van der Waals surface area contributed by atoms with Crippen molar-refractivity contribution in [3.63, 3.8) is 0 Å². The number of hydrogen-bond donors (Lipinski definition) is 1. The fourth-order valence-corrected chi connectivity index (χ4v) is 4.29. The third-order valence-corrected chi connectivity index (χ3v) is 6.28. The largest absolute Gasteiger partial charge is 0.492 e. The molecular formula is C24H30N2O4. The van der Waals surface area contributed by atoms with Crippen molar-refractivity contribution in [1.82, 2.24) is 4.98 Å². The Morgan fingerprint density at radius 2 is 1.97 bits per heavy atom. The van der Waals surface area contributed by atoms with Crippen LogP contribution in [0.2, 0.25) is 0 Å². The molecule has 0 bridgehead atoms. The van der Waals surface area contributed by atoms with Crippen LogP contribution in [0.1, 0.15) is 54.6 Å². The van der Waals surface area contributed by atoms with Crippen LogP contribution in [0.5, 0.6) is 5.75 Å². The van der Waals surface area contributed by atoms with Gasteiger partial charge in [0.25, 0.3) is 0 Å². The van der Waals surface area contributed by atoms with E-state index in [0.29, 0.717) is 19.1 Å². The maximum absolute atomic E-state index is 11.1. The molecule has 0 radical (unpaired) electrons. The van der Waals surface area contributed by atoms with Gasteiger partial charge in [-0.3, -0.25) is 4.98 Å². The Kier molecular flexibility index (Phi) is 6.53. The van der Waals surface area contributed by atoms with Crippen molar-refractivity contribution in [2.24, 2.45) is 11.8 Å². The van der Waals surface area contributed by atoms with Gasteiger partial charge in [0.15, 0.2) is 0 Å². The first-order chi connectivity index (χ1) is 14.6. The summed E-state index contributed by atoms with van der Waals surface area (Å²) in [4.78, 5) is 17.7. The van der Waals surface area contributed by atoms with Crippen molar-refractivity contribution in [2.45, 2.75) is 38.7 Å². The number of ether oxygens (including phenoxy) is 2. The Hall–Kier alpha value is -2.60. The highest BCUT2D eigenvalue weighted by molar-refractivity contribution is 5.87. The number of carbonyl (C=O) groups is 1. The molecule has 0 amide bonds. The molecule has 0 spiro atoms. The fourth-order valence-electron chi connectivity index (χ4n) is 4.29. The van der Waals surface area contributed by atoms with Crippen molar-refractivity contribution in [3.05, 3.63) is 53.9 Å². The maximum Gasteiger partial charge on any atom is 0.335 e. The number of anilines is 1. The third-order valence-electron chi connectivity index (χ3n) is 6.28. The topological polar surface area (TPSA) is 71.9 Å². The molecule has 2 aliphatic rings. The number of carboxylic acids is 1. The Morgan fingerprint density at radius 1 is 1.20 bits per heavy atom. The minimum atomic E-state index is -0.918. The van der Waals surface area contributed by atoms with Gasteiger partial charge in [0.05, 0.1) is 36.9 Å². The van der Waals surface area contributed by atoms with Crippen molar-refractivity contribution in [3.8, 4) is 5.75 Å². The Morgan fingerprint density at radius 3 is 2.70 bits per heavy atom. The summed E-state index contributed by atoms with van der Waals surface area (Å²) in [6.45, 7) is 5.18. The summed E-state index contributed by atoms with van der Waals surface area (Å²) in [7, 11) is 0. The molecule has 6 heteroatoms. The molecule has 1 atom stereocenters. The van der Waals surface area contributed by atoms with Crippen LogP contribution in [-0.2, 0) is 4.74 Å². The Balaban J connectivity index is 1.37. The zero-order valence-corrected chi connectivity index (χ0v) is 17.5. The summed E-state index contributed by atoms with van der Waals surface area (Å²) in [6, 6.07) is 8.99. The van der Waals surface area contributed by atoms with Crippen molar-refractivity contribution in [2.75, 3.05) is 31.2 Å². The first-order valence-electron chi connectivity index (χ1n) is 10.9. The second-order valence-electron chi connectivity index (χ2n) is 8.55. The van der Waals surface area contributed by atoms with Gasteiger partial charge in [-0.15, -0.1) is 0 Å². The van der Waals surface area contributed by atoms with Crippen molar-refractivity contribution < 1.29 is 19.4 Å². The molecule has 1 aromatic carbocycles.